The number of hydrogen-bond acceptors (Lipinski definition) is 7. The second kappa shape index (κ2) is 18.1. The van der Waals surface area contributed by atoms with Gasteiger partial charge < -0.3 is 42.9 Å². The predicted molar refractivity (Wildman–Crippen MR) is 189 cm³/mol. The van der Waals surface area contributed by atoms with E-state index < -0.39 is 0 Å². The molecule has 0 spiro atoms. The van der Waals surface area contributed by atoms with Crippen molar-refractivity contribution in [3.05, 3.63) is 75.4 Å². The first-order valence-corrected chi connectivity index (χ1v) is 15.6. The topological polar surface area (TPSA) is 199 Å². The van der Waals surface area contributed by atoms with Crippen LogP contribution in [0.25, 0.3) is 11.1 Å². The lowest BCUT2D eigenvalue weighted by Gasteiger charge is -2.22. The summed E-state index contributed by atoms with van der Waals surface area (Å²) in [4.78, 5) is 35.5. The van der Waals surface area contributed by atoms with Crippen molar-refractivity contribution < 1.29 is 9.53 Å². The number of ether oxygens (including phenoxy) is 1. The number of amides is 2. The lowest BCUT2D eigenvalue weighted by Crippen LogP contribution is -2.43. The number of urea groups is 1. The third-order valence-electron chi connectivity index (χ3n) is 6.22. The van der Waals surface area contributed by atoms with E-state index in [9.17, 15) is 9.59 Å². The number of halogens is 1. The zero-order valence-corrected chi connectivity index (χ0v) is 28.6. The number of aromatic nitrogens is 2. The first kappa shape index (κ1) is 38.1. The van der Waals surface area contributed by atoms with Crippen molar-refractivity contribution in [3.8, 4) is 16.9 Å². The Kier molecular flexibility index (Phi) is 15.0. The summed E-state index contributed by atoms with van der Waals surface area (Å²) in [6, 6.07) is 12.8. The van der Waals surface area contributed by atoms with E-state index in [-0.39, 0.29) is 28.5 Å². The van der Waals surface area contributed by atoms with E-state index >= 15 is 0 Å². The molecule has 0 atom stereocenters. The van der Waals surface area contributed by atoms with E-state index in [0.29, 0.717) is 47.5 Å². The minimum atomic E-state index is -0.327. The van der Waals surface area contributed by atoms with E-state index in [0.717, 1.165) is 37.1 Å². The van der Waals surface area contributed by atoms with Crippen molar-refractivity contribution in [2.24, 2.45) is 22.2 Å². The Morgan fingerprint density at radius 3 is 2.33 bits per heavy atom. The number of nitrogens with two attached hydrogens (primary N) is 3. The van der Waals surface area contributed by atoms with Crippen LogP contribution in [-0.4, -0.2) is 53.7 Å². The van der Waals surface area contributed by atoms with Crippen LogP contribution in [0.2, 0.25) is 5.02 Å². The van der Waals surface area contributed by atoms with Gasteiger partial charge in [-0.3, -0.25) is 9.79 Å². The van der Waals surface area contributed by atoms with Gasteiger partial charge in [-0.2, -0.15) is 0 Å². The van der Waals surface area contributed by atoms with Crippen LogP contribution in [0.5, 0.6) is 5.75 Å². The molecule has 0 aliphatic carbocycles. The van der Waals surface area contributed by atoms with Crippen molar-refractivity contribution in [2.75, 3.05) is 31.6 Å². The lowest BCUT2D eigenvalue weighted by molar-refractivity contribution is 0.243. The Bertz CT molecular complexity index is 1470. The summed E-state index contributed by atoms with van der Waals surface area (Å²) in [5, 5.41) is 9.30. The van der Waals surface area contributed by atoms with Crippen LogP contribution in [0.1, 0.15) is 65.8 Å². The summed E-state index contributed by atoms with van der Waals surface area (Å²) in [7, 11) is 0. The summed E-state index contributed by atoms with van der Waals surface area (Å²) in [5.41, 5.74) is 18.4. The molecule has 0 aliphatic rings. The smallest absolute Gasteiger partial charge is 0.319 e. The molecule has 252 valence electrons. The van der Waals surface area contributed by atoms with Gasteiger partial charge in [-0.15, -0.1) is 0 Å². The summed E-state index contributed by atoms with van der Waals surface area (Å²) < 4.78 is 5.58. The summed E-state index contributed by atoms with van der Waals surface area (Å²) >= 11 is 6.11. The van der Waals surface area contributed by atoms with Crippen molar-refractivity contribution in [2.45, 2.75) is 71.9 Å². The average Bonchev–Trinajstić information content (AvgIpc) is 2.96. The van der Waals surface area contributed by atoms with Crippen molar-refractivity contribution in [1.82, 2.24) is 20.6 Å². The second-order valence-corrected chi connectivity index (χ2v) is 13.1. The molecule has 12 nitrogen and oxygen atoms in total. The molecule has 0 saturated carbocycles. The molecule has 0 fully saturated rings. The molecule has 1 heterocycles. The molecule has 0 aliphatic heterocycles. The van der Waals surface area contributed by atoms with Crippen molar-refractivity contribution >= 4 is 29.3 Å². The number of anilines is 1. The second-order valence-electron chi connectivity index (χ2n) is 12.7. The van der Waals surface area contributed by atoms with Gasteiger partial charge in [0.25, 0.3) is 5.56 Å². The third kappa shape index (κ3) is 13.9. The van der Waals surface area contributed by atoms with Crippen molar-refractivity contribution in [1.29, 1.82) is 0 Å². The number of rotatable bonds is 12. The average molecular weight is 656 g/mol. The van der Waals surface area contributed by atoms with Gasteiger partial charge in [0.1, 0.15) is 17.3 Å². The molecule has 1 aromatic heterocycles. The Balaban J connectivity index is 0.000000332. The Morgan fingerprint density at radius 1 is 1.04 bits per heavy atom. The molecule has 3 rings (SSSR count). The van der Waals surface area contributed by atoms with Gasteiger partial charge in [-0.05, 0) is 70.0 Å². The number of H-pyrrole nitrogens is 1. The van der Waals surface area contributed by atoms with Gasteiger partial charge >= 0.3 is 6.03 Å². The first-order valence-electron chi connectivity index (χ1n) is 15.3. The maximum atomic E-state index is 12.4. The zero-order valence-electron chi connectivity index (χ0n) is 27.8. The number of carbonyl (C=O) groups is 1. The Hall–Kier alpha value is -4.13. The fraction of sp³-hybridized carbons (Fsp3) is 0.455. The summed E-state index contributed by atoms with van der Waals surface area (Å²) in [6.45, 7) is 15.0. The highest BCUT2D eigenvalue weighted by Gasteiger charge is 2.18. The molecule has 2 aromatic carbocycles. The number of carbonyl (C=O) groups excluding carboxylic acids is 1. The fourth-order valence-corrected chi connectivity index (χ4v) is 4.14. The minimum absolute atomic E-state index is 0.115. The van der Waals surface area contributed by atoms with Crippen LogP contribution >= 0.6 is 11.6 Å². The predicted octanol–water partition coefficient (Wildman–Crippen LogP) is 4.48. The number of hydrogen-bond donors (Lipinski definition) is 7. The maximum absolute atomic E-state index is 12.4. The quantitative estimate of drug-likeness (QED) is 0.0841. The highest BCUT2D eigenvalue weighted by Crippen LogP contribution is 2.32. The van der Waals surface area contributed by atoms with Gasteiger partial charge in [0, 0.05) is 30.2 Å². The number of guanidine groups is 1. The van der Waals surface area contributed by atoms with E-state index in [4.69, 9.17) is 33.5 Å². The van der Waals surface area contributed by atoms with Crippen LogP contribution < -0.4 is 43.4 Å². The number of nitrogens with one attached hydrogen (secondary N) is 4. The number of nitrogens with zero attached hydrogens (tertiary/aromatic N) is 2. The Labute approximate surface area is 276 Å². The molecular weight excluding hydrogens is 606 g/mol. The van der Waals surface area contributed by atoms with E-state index in [1.165, 1.54) is 0 Å². The van der Waals surface area contributed by atoms with E-state index in [1.54, 1.807) is 24.4 Å². The van der Waals surface area contributed by atoms with Crippen molar-refractivity contribution in [3.63, 3.8) is 0 Å². The molecule has 0 unspecified atom stereocenters. The number of para-hydroxylation sites is 1. The van der Waals surface area contributed by atoms with E-state index in [2.05, 4.69) is 30.9 Å². The van der Waals surface area contributed by atoms with Gasteiger partial charge in [0.15, 0.2) is 5.96 Å². The Morgan fingerprint density at radius 2 is 1.74 bits per heavy atom. The fourth-order valence-electron chi connectivity index (χ4n) is 3.93. The SMILES string of the molecule is CC(C)(C)NC(=O)Nc1c(Cl)cccc1OCCCN.CC(C)(C)c1ncc(-c2ccc(CNCCCN=C(N)N)cc2)c(=O)[nH]1. The molecule has 0 radical (unpaired) electrons. The standard InChI is InChI=1S/C19H28N6O.C14H22ClN3O2/c1-19(2,3)17-24-12-15(16(26)25-17)14-7-5-13(6-8-14)11-22-9-4-10-23-18(20)21;1-14(2,3)18-13(19)17-12-10(15)6-4-7-11(12)20-9-5-8-16/h5-8,12,22H,4,9-11H2,1-3H3,(H4,20,21,23)(H,24,25,26);4,6-7H,5,8-9,16H2,1-3H3,(H2,17,18,19). The molecule has 2 amide bonds. The normalized spacial score (nSPS) is 11.2. The molecular formula is C33H50ClN9O3. The largest absolute Gasteiger partial charge is 0.491 e. The van der Waals surface area contributed by atoms with Gasteiger partial charge in [0.2, 0.25) is 0 Å². The number of benzene rings is 2. The van der Waals surface area contributed by atoms with Crippen LogP contribution in [0, 0.1) is 0 Å². The zero-order chi connectivity index (χ0) is 34.3. The molecule has 13 heteroatoms. The van der Waals surface area contributed by atoms with Gasteiger partial charge in [0.05, 0.1) is 17.2 Å². The van der Waals surface area contributed by atoms with Crippen LogP contribution in [0.4, 0.5) is 10.5 Å². The summed E-state index contributed by atoms with van der Waals surface area (Å²) in [5.74, 6) is 1.35. The third-order valence-corrected chi connectivity index (χ3v) is 6.53. The van der Waals surface area contributed by atoms with Crippen LogP contribution in [-0.2, 0) is 12.0 Å². The number of aliphatic imine (C=N–C) groups is 1. The minimum Gasteiger partial charge on any atom is -0.491 e. The van der Waals surface area contributed by atoms with Gasteiger partial charge in [-0.25, -0.2) is 9.78 Å². The monoisotopic (exact) mass is 655 g/mol. The van der Waals surface area contributed by atoms with Crippen LogP contribution in [0.3, 0.4) is 0 Å². The first-order chi connectivity index (χ1) is 21.6. The molecule has 3 aromatic rings. The number of aromatic amines is 1. The lowest BCUT2D eigenvalue weighted by atomic mass is 9.95. The highest BCUT2D eigenvalue weighted by molar-refractivity contribution is 6.34. The maximum Gasteiger partial charge on any atom is 0.319 e. The van der Waals surface area contributed by atoms with Gasteiger partial charge in [-0.1, -0.05) is 62.7 Å². The van der Waals surface area contributed by atoms with Crippen LogP contribution in [0.15, 0.2) is 58.4 Å². The highest BCUT2D eigenvalue weighted by atomic mass is 35.5. The molecule has 10 N–H and O–H groups in total. The molecule has 0 bridgehead atoms. The molecule has 46 heavy (non-hydrogen) atoms. The van der Waals surface area contributed by atoms with E-state index in [1.807, 2.05) is 65.8 Å². The molecule has 0 saturated heterocycles. The summed E-state index contributed by atoms with van der Waals surface area (Å²) in [6.07, 6.45) is 3.26.